The van der Waals surface area contributed by atoms with Crippen LogP contribution in [-0.4, -0.2) is 29.6 Å². The van der Waals surface area contributed by atoms with E-state index in [1.807, 2.05) is 43.3 Å². The number of hydrazone groups is 1. The van der Waals surface area contributed by atoms with Crippen molar-refractivity contribution in [2.75, 3.05) is 6.61 Å². The predicted molar refractivity (Wildman–Crippen MR) is 140 cm³/mol. The number of carbonyl (C=O) groups excluding carboxylic acids is 2. The number of hydrogen-bond acceptors (Lipinski definition) is 5. The molecule has 6 heteroatoms. The molecule has 5 aliphatic rings. The van der Waals surface area contributed by atoms with Crippen molar-refractivity contribution in [3.8, 4) is 11.5 Å². The molecule has 2 bridgehead atoms. The lowest BCUT2D eigenvalue weighted by atomic mass is 9.63. The van der Waals surface area contributed by atoms with Crippen molar-refractivity contribution in [2.24, 2.45) is 40.6 Å². The molecule has 6 atom stereocenters. The van der Waals surface area contributed by atoms with Gasteiger partial charge in [-0.1, -0.05) is 54.6 Å². The number of carbonyl (C=O) groups is 2. The van der Waals surface area contributed by atoms with Gasteiger partial charge in [0.15, 0.2) is 11.5 Å². The second-order valence-electron chi connectivity index (χ2n) is 10.5. The molecule has 2 amide bonds. The first kappa shape index (κ1) is 22.3. The lowest BCUT2D eigenvalue weighted by Crippen LogP contribution is -2.40. The van der Waals surface area contributed by atoms with Gasteiger partial charge >= 0.3 is 0 Å². The first-order valence-corrected chi connectivity index (χ1v) is 13.1. The Kier molecular flexibility index (Phi) is 5.17. The Morgan fingerprint density at radius 1 is 0.892 bits per heavy atom. The van der Waals surface area contributed by atoms with E-state index in [1.54, 1.807) is 6.21 Å². The highest BCUT2D eigenvalue weighted by Gasteiger charge is 2.67. The van der Waals surface area contributed by atoms with E-state index in [0.29, 0.717) is 36.5 Å². The first-order chi connectivity index (χ1) is 18.1. The van der Waals surface area contributed by atoms with Gasteiger partial charge in [-0.2, -0.15) is 10.1 Å². The summed E-state index contributed by atoms with van der Waals surface area (Å²) < 4.78 is 12.0. The highest BCUT2D eigenvalue weighted by molar-refractivity contribution is 6.06. The smallest absolute Gasteiger partial charge is 0.254 e. The zero-order valence-electron chi connectivity index (χ0n) is 20.6. The lowest BCUT2D eigenvalue weighted by molar-refractivity contribution is -0.140. The van der Waals surface area contributed by atoms with Crippen molar-refractivity contribution in [2.45, 2.75) is 20.0 Å². The first-order valence-electron chi connectivity index (χ1n) is 13.1. The summed E-state index contributed by atoms with van der Waals surface area (Å²) in [5, 5.41) is 7.80. The monoisotopic (exact) mass is 492 g/mol. The van der Waals surface area contributed by atoms with E-state index < -0.39 is 0 Å². The molecular formula is C31H28N2O4. The van der Waals surface area contributed by atoms with Gasteiger partial charge < -0.3 is 9.47 Å². The van der Waals surface area contributed by atoms with Crippen molar-refractivity contribution < 1.29 is 19.1 Å². The average molecular weight is 493 g/mol. The summed E-state index contributed by atoms with van der Waals surface area (Å²) >= 11 is 0. The Labute approximate surface area is 215 Å². The van der Waals surface area contributed by atoms with Crippen LogP contribution in [0.3, 0.4) is 0 Å². The zero-order valence-corrected chi connectivity index (χ0v) is 20.6. The minimum Gasteiger partial charge on any atom is -0.490 e. The fourth-order valence-corrected chi connectivity index (χ4v) is 6.75. The number of ether oxygens (including phenoxy) is 2. The highest BCUT2D eigenvalue weighted by Crippen LogP contribution is 2.65. The standard InChI is InChI=1S/C31H28N2O4/c1-2-36-27-14-18(10-13-26(27)37-17-20-8-5-7-19-6-3-4-9-21(19)20)16-32-33-30(34)28-22-11-12-23(25-15-24(22)25)29(28)31(33)35/h3-14,16,22-25,28-29H,2,15,17H2,1H3/b32-16-/t22-,23-,24-,25+,28-,29+/m1/s1. The van der Waals surface area contributed by atoms with Crippen LogP contribution >= 0.6 is 0 Å². The Bertz CT molecular complexity index is 1440. The molecule has 0 radical (unpaired) electrons. The van der Waals surface area contributed by atoms with Gasteiger partial charge in [0.05, 0.1) is 24.7 Å². The molecule has 6 nitrogen and oxygen atoms in total. The van der Waals surface area contributed by atoms with Gasteiger partial charge in [-0.25, -0.2) is 0 Å². The Balaban J connectivity index is 1.10. The number of imide groups is 1. The summed E-state index contributed by atoms with van der Waals surface area (Å²) in [6.07, 6.45) is 7.06. The number of allylic oxidation sites excluding steroid dienone is 2. The second kappa shape index (κ2) is 8.58. The average Bonchev–Trinajstić information content (AvgIpc) is 3.71. The Morgan fingerprint density at radius 2 is 1.62 bits per heavy atom. The zero-order chi connectivity index (χ0) is 25.1. The fourth-order valence-electron chi connectivity index (χ4n) is 6.75. The summed E-state index contributed by atoms with van der Waals surface area (Å²) in [6, 6.07) is 20.0. The minimum absolute atomic E-state index is 0.156. The normalized spacial score (nSPS) is 29.2. The quantitative estimate of drug-likeness (QED) is 0.258. The number of rotatable bonds is 7. The van der Waals surface area contributed by atoms with Gasteiger partial charge in [-0.05, 0) is 77.1 Å². The lowest BCUT2D eigenvalue weighted by Gasteiger charge is -2.37. The Morgan fingerprint density at radius 3 is 2.38 bits per heavy atom. The van der Waals surface area contributed by atoms with Gasteiger partial charge in [0, 0.05) is 0 Å². The molecule has 1 heterocycles. The van der Waals surface area contributed by atoms with E-state index in [4.69, 9.17) is 9.47 Å². The van der Waals surface area contributed by atoms with E-state index >= 15 is 0 Å². The highest BCUT2D eigenvalue weighted by atomic mass is 16.5. The van der Waals surface area contributed by atoms with Crippen LogP contribution in [0.25, 0.3) is 10.8 Å². The molecule has 0 N–H and O–H groups in total. The van der Waals surface area contributed by atoms with Gasteiger partial charge in [0.2, 0.25) is 0 Å². The molecular weight excluding hydrogens is 464 g/mol. The van der Waals surface area contributed by atoms with Crippen LogP contribution in [-0.2, 0) is 16.2 Å². The molecule has 186 valence electrons. The van der Waals surface area contributed by atoms with Crippen LogP contribution in [0.2, 0.25) is 0 Å². The molecule has 2 saturated carbocycles. The van der Waals surface area contributed by atoms with Gasteiger partial charge in [-0.15, -0.1) is 0 Å². The summed E-state index contributed by atoms with van der Waals surface area (Å²) in [4.78, 5) is 26.3. The van der Waals surface area contributed by atoms with Gasteiger partial charge in [-0.3, -0.25) is 9.59 Å². The third-order valence-electron chi connectivity index (χ3n) is 8.49. The van der Waals surface area contributed by atoms with E-state index in [9.17, 15) is 9.59 Å². The molecule has 0 aromatic heterocycles. The van der Waals surface area contributed by atoms with E-state index in [1.165, 1.54) is 5.39 Å². The Hall–Kier alpha value is -3.93. The van der Waals surface area contributed by atoms with Crippen molar-refractivity contribution in [1.82, 2.24) is 5.01 Å². The van der Waals surface area contributed by atoms with Crippen molar-refractivity contribution in [3.63, 3.8) is 0 Å². The topological polar surface area (TPSA) is 68.2 Å². The van der Waals surface area contributed by atoms with Crippen LogP contribution in [0, 0.1) is 35.5 Å². The molecule has 1 aliphatic heterocycles. The van der Waals surface area contributed by atoms with Crippen LogP contribution in [0.1, 0.15) is 24.5 Å². The second-order valence-corrected chi connectivity index (χ2v) is 10.5. The molecule has 4 aliphatic carbocycles. The summed E-state index contributed by atoms with van der Waals surface area (Å²) in [5.41, 5.74) is 1.83. The van der Waals surface area contributed by atoms with Crippen LogP contribution in [0.4, 0.5) is 0 Å². The molecule has 0 spiro atoms. The maximum absolute atomic E-state index is 13.2. The van der Waals surface area contributed by atoms with E-state index in [0.717, 1.165) is 27.9 Å². The van der Waals surface area contributed by atoms with Gasteiger partial charge in [0.25, 0.3) is 11.8 Å². The van der Waals surface area contributed by atoms with Crippen molar-refractivity contribution in [3.05, 3.63) is 83.9 Å². The molecule has 3 fully saturated rings. The van der Waals surface area contributed by atoms with Crippen molar-refractivity contribution in [1.29, 1.82) is 0 Å². The molecule has 0 unspecified atom stereocenters. The maximum Gasteiger partial charge on any atom is 0.254 e. The number of nitrogens with zero attached hydrogens (tertiary/aromatic N) is 2. The number of fused-ring (bicyclic) bond motifs is 1. The number of amides is 2. The maximum atomic E-state index is 13.2. The molecule has 37 heavy (non-hydrogen) atoms. The number of benzene rings is 3. The molecule has 3 aromatic rings. The molecule has 1 saturated heterocycles. The van der Waals surface area contributed by atoms with Crippen LogP contribution in [0.5, 0.6) is 11.5 Å². The largest absolute Gasteiger partial charge is 0.490 e. The summed E-state index contributed by atoms with van der Waals surface area (Å²) in [6.45, 7) is 2.81. The molecule has 8 rings (SSSR count). The van der Waals surface area contributed by atoms with Gasteiger partial charge in [0.1, 0.15) is 6.61 Å². The van der Waals surface area contributed by atoms with Crippen LogP contribution in [0.15, 0.2) is 77.9 Å². The van der Waals surface area contributed by atoms with Crippen molar-refractivity contribution >= 4 is 28.8 Å². The SMILES string of the molecule is CCOc1cc(/C=N\N2C(=O)[C@@H]3[C@@H]4C=C[C@H]([C@@H]5C[C@H]45)[C@@H]3C2=O)ccc1OCc1cccc2ccccc12. The third-order valence-corrected chi connectivity index (χ3v) is 8.49. The fraction of sp³-hybridized carbons (Fsp3) is 0.323. The minimum atomic E-state index is -0.243. The summed E-state index contributed by atoms with van der Waals surface area (Å²) in [5.74, 6) is 1.97. The number of hydrogen-bond donors (Lipinski definition) is 0. The van der Waals surface area contributed by atoms with E-state index in [2.05, 4.69) is 41.5 Å². The van der Waals surface area contributed by atoms with E-state index in [-0.39, 0.29) is 35.5 Å². The van der Waals surface area contributed by atoms with Crippen LogP contribution < -0.4 is 9.47 Å². The predicted octanol–water partition coefficient (Wildman–Crippen LogP) is 5.20. The third kappa shape index (κ3) is 3.57. The summed E-state index contributed by atoms with van der Waals surface area (Å²) in [7, 11) is 0. The molecule has 3 aromatic carbocycles.